The Morgan fingerprint density at radius 2 is 1.84 bits per heavy atom. The minimum atomic E-state index is -0.176. The Labute approximate surface area is 114 Å². The molecule has 0 N–H and O–H groups in total. The Morgan fingerprint density at radius 1 is 1.21 bits per heavy atom. The van der Waals surface area contributed by atoms with Gasteiger partial charge in [-0.1, -0.05) is 44.2 Å². The van der Waals surface area contributed by atoms with Crippen molar-refractivity contribution in [3.8, 4) is 0 Å². The third-order valence-electron chi connectivity index (χ3n) is 2.80. The van der Waals surface area contributed by atoms with Gasteiger partial charge in [0, 0.05) is 13.0 Å². The molecular weight excluding hydrogens is 242 g/mol. The van der Waals surface area contributed by atoms with Crippen molar-refractivity contribution in [1.82, 2.24) is 4.90 Å². The van der Waals surface area contributed by atoms with Crippen molar-refractivity contribution >= 4 is 11.7 Å². The maximum Gasteiger partial charge on any atom is 0.248 e. The second kappa shape index (κ2) is 7.69. The topological polar surface area (TPSA) is 46.6 Å². The summed E-state index contributed by atoms with van der Waals surface area (Å²) in [6, 6.07) is 9.66. The fourth-order valence-corrected chi connectivity index (χ4v) is 1.45. The SMILES string of the molecule is CC(C)C(=O)CN(C)C(=O)COCc1ccccc1. The van der Waals surface area contributed by atoms with Crippen molar-refractivity contribution < 1.29 is 14.3 Å². The van der Waals surface area contributed by atoms with Crippen LogP contribution in [0.1, 0.15) is 19.4 Å². The Balaban J connectivity index is 2.29. The molecule has 0 spiro atoms. The molecule has 1 aromatic rings. The number of benzene rings is 1. The second-order valence-corrected chi connectivity index (χ2v) is 4.85. The monoisotopic (exact) mass is 263 g/mol. The fourth-order valence-electron chi connectivity index (χ4n) is 1.45. The Hall–Kier alpha value is -1.68. The van der Waals surface area contributed by atoms with Crippen LogP contribution in [0.15, 0.2) is 30.3 Å². The third-order valence-corrected chi connectivity index (χ3v) is 2.80. The van der Waals surface area contributed by atoms with Gasteiger partial charge in [0.05, 0.1) is 13.2 Å². The van der Waals surface area contributed by atoms with Crippen LogP contribution in [-0.2, 0) is 20.9 Å². The zero-order chi connectivity index (χ0) is 14.3. The predicted octanol–water partition coefficient (Wildman–Crippen LogP) is 1.89. The lowest BCUT2D eigenvalue weighted by Crippen LogP contribution is -2.36. The summed E-state index contributed by atoms with van der Waals surface area (Å²) >= 11 is 0. The van der Waals surface area contributed by atoms with E-state index in [4.69, 9.17) is 4.74 Å². The Morgan fingerprint density at radius 3 is 2.42 bits per heavy atom. The van der Waals surface area contributed by atoms with Crippen LogP contribution in [0.4, 0.5) is 0 Å². The third kappa shape index (κ3) is 5.66. The van der Waals surface area contributed by atoms with E-state index in [2.05, 4.69) is 0 Å². The summed E-state index contributed by atoms with van der Waals surface area (Å²) in [6.07, 6.45) is 0. The molecule has 0 unspecified atom stereocenters. The molecule has 104 valence electrons. The number of amides is 1. The van der Waals surface area contributed by atoms with E-state index in [1.54, 1.807) is 7.05 Å². The Kier molecular flexibility index (Phi) is 6.22. The first-order valence-electron chi connectivity index (χ1n) is 6.39. The van der Waals surface area contributed by atoms with Crippen molar-refractivity contribution in [2.24, 2.45) is 5.92 Å². The molecule has 0 aliphatic carbocycles. The van der Waals surface area contributed by atoms with Crippen molar-refractivity contribution in [2.45, 2.75) is 20.5 Å². The van der Waals surface area contributed by atoms with Crippen LogP contribution in [-0.4, -0.2) is 36.8 Å². The van der Waals surface area contributed by atoms with Gasteiger partial charge in [-0.3, -0.25) is 9.59 Å². The minimum Gasteiger partial charge on any atom is -0.367 e. The molecule has 0 saturated carbocycles. The number of carbonyl (C=O) groups is 2. The molecule has 0 fully saturated rings. The van der Waals surface area contributed by atoms with Gasteiger partial charge >= 0.3 is 0 Å². The summed E-state index contributed by atoms with van der Waals surface area (Å²) < 4.78 is 5.34. The average molecular weight is 263 g/mol. The summed E-state index contributed by atoms with van der Waals surface area (Å²) in [4.78, 5) is 24.7. The van der Waals surface area contributed by atoms with Gasteiger partial charge in [0.25, 0.3) is 0 Å². The molecule has 0 heterocycles. The molecule has 4 heteroatoms. The van der Waals surface area contributed by atoms with Crippen LogP contribution in [0.5, 0.6) is 0 Å². The van der Waals surface area contributed by atoms with Gasteiger partial charge in [-0.05, 0) is 5.56 Å². The highest BCUT2D eigenvalue weighted by atomic mass is 16.5. The van der Waals surface area contributed by atoms with Gasteiger partial charge in [-0.25, -0.2) is 0 Å². The van der Waals surface area contributed by atoms with E-state index < -0.39 is 0 Å². The van der Waals surface area contributed by atoms with E-state index in [0.29, 0.717) is 6.61 Å². The van der Waals surface area contributed by atoms with Gasteiger partial charge in [-0.2, -0.15) is 0 Å². The highest BCUT2D eigenvalue weighted by Gasteiger charge is 2.15. The smallest absolute Gasteiger partial charge is 0.248 e. The molecule has 1 rings (SSSR count). The number of ketones is 1. The van der Waals surface area contributed by atoms with E-state index in [0.717, 1.165) is 5.56 Å². The minimum absolute atomic E-state index is 0.00320. The van der Waals surface area contributed by atoms with Crippen molar-refractivity contribution in [1.29, 1.82) is 0 Å². The number of likely N-dealkylation sites (N-methyl/N-ethyl adjacent to an activating group) is 1. The summed E-state index contributed by atoms with van der Waals surface area (Å²) in [5, 5.41) is 0. The van der Waals surface area contributed by atoms with Gasteiger partial charge in [0.1, 0.15) is 6.61 Å². The molecule has 19 heavy (non-hydrogen) atoms. The standard InChI is InChI=1S/C15H21NO3/c1-12(2)14(17)9-16(3)15(18)11-19-10-13-7-5-4-6-8-13/h4-8,12H,9-11H2,1-3H3. The Bertz CT molecular complexity index is 415. The number of rotatable bonds is 7. The van der Waals surface area contributed by atoms with Crippen molar-refractivity contribution in [3.63, 3.8) is 0 Å². The van der Waals surface area contributed by atoms with Crippen molar-refractivity contribution in [3.05, 3.63) is 35.9 Å². The normalized spacial score (nSPS) is 10.5. The van der Waals surface area contributed by atoms with Crippen molar-refractivity contribution in [2.75, 3.05) is 20.2 Å². The maximum absolute atomic E-state index is 11.7. The second-order valence-electron chi connectivity index (χ2n) is 4.85. The average Bonchev–Trinajstić information content (AvgIpc) is 2.39. The predicted molar refractivity (Wildman–Crippen MR) is 73.6 cm³/mol. The van der Waals surface area contributed by atoms with Crippen LogP contribution in [0.25, 0.3) is 0 Å². The van der Waals surface area contributed by atoms with E-state index in [1.807, 2.05) is 44.2 Å². The quantitative estimate of drug-likeness (QED) is 0.754. The summed E-state index contributed by atoms with van der Waals surface area (Å²) in [5.41, 5.74) is 1.02. The number of hydrogen-bond acceptors (Lipinski definition) is 3. The van der Waals surface area contributed by atoms with Gasteiger partial charge in [0.2, 0.25) is 5.91 Å². The molecule has 1 aromatic carbocycles. The lowest BCUT2D eigenvalue weighted by Gasteiger charge is -2.17. The summed E-state index contributed by atoms with van der Waals surface area (Å²) in [5.74, 6) is -0.177. The van der Waals surface area contributed by atoms with Crippen LogP contribution in [0.3, 0.4) is 0 Å². The number of hydrogen-bond donors (Lipinski definition) is 0. The van der Waals surface area contributed by atoms with E-state index in [1.165, 1.54) is 4.90 Å². The van der Waals surface area contributed by atoms with E-state index >= 15 is 0 Å². The fraction of sp³-hybridized carbons (Fsp3) is 0.467. The van der Waals surface area contributed by atoms with Crippen LogP contribution >= 0.6 is 0 Å². The van der Waals surface area contributed by atoms with Gasteiger partial charge in [0.15, 0.2) is 5.78 Å². The number of carbonyl (C=O) groups excluding carboxylic acids is 2. The maximum atomic E-state index is 11.7. The lowest BCUT2D eigenvalue weighted by atomic mass is 10.1. The highest BCUT2D eigenvalue weighted by Crippen LogP contribution is 2.01. The van der Waals surface area contributed by atoms with E-state index in [-0.39, 0.29) is 30.8 Å². The highest BCUT2D eigenvalue weighted by molar-refractivity contribution is 5.87. The largest absolute Gasteiger partial charge is 0.367 e. The molecule has 0 atom stereocenters. The molecule has 4 nitrogen and oxygen atoms in total. The molecule has 1 amide bonds. The van der Waals surface area contributed by atoms with Gasteiger partial charge in [-0.15, -0.1) is 0 Å². The van der Waals surface area contributed by atoms with Gasteiger partial charge < -0.3 is 9.64 Å². The first-order chi connectivity index (χ1) is 9.00. The zero-order valence-corrected chi connectivity index (χ0v) is 11.8. The lowest BCUT2D eigenvalue weighted by molar-refractivity contribution is -0.139. The molecule has 0 aliphatic rings. The molecule has 0 aromatic heterocycles. The zero-order valence-electron chi connectivity index (χ0n) is 11.8. The first-order valence-corrected chi connectivity index (χ1v) is 6.39. The molecule has 0 bridgehead atoms. The van der Waals surface area contributed by atoms with E-state index in [9.17, 15) is 9.59 Å². The summed E-state index contributed by atoms with van der Waals surface area (Å²) in [7, 11) is 1.62. The molecule has 0 saturated heterocycles. The van der Waals surface area contributed by atoms with Crippen LogP contribution in [0, 0.1) is 5.92 Å². The number of nitrogens with zero attached hydrogens (tertiary/aromatic N) is 1. The molecule has 0 aliphatic heterocycles. The van der Waals surface area contributed by atoms with Crippen LogP contribution in [0.2, 0.25) is 0 Å². The first kappa shape index (κ1) is 15.4. The molecular formula is C15H21NO3. The van der Waals surface area contributed by atoms with Crippen LogP contribution < -0.4 is 0 Å². The summed E-state index contributed by atoms with van der Waals surface area (Å²) in [6.45, 7) is 4.19. The number of ether oxygens (including phenoxy) is 1. The number of Topliss-reactive ketones (excluding diaryl/α,β-unsaturated/α-hetero) is 1. The molecule has 0 radical (unpaired) electrons.